The minimum Gasteiger partial charge on any atom is -0.477 e. The van der Waals surface area contributed by atoms with Gasteiger partial charge in [0.05, 0.1) is 34.4 Å². The molecule has 0 bridgehead atoms. The van der Waals surface area contributed by atoms with E-state index in [1.165, 1.54) is 12.8 Å². The summed E-state index contributed by atoms with van der Waals surface area (Å²) < 4.78 is 17.1. The number of aliphatic carboxylic acids is 1. The highest BCUT2D eigenvalue weighted by Crippen LogP contribution is 2.12. The number of likely N-dealkylation sites (N-methyl/N-ethyl adjacent to an activating group) is 1. The molecule has 0 aromatic heterocycles. The number of quaternary nitrogens is 1. The van der Waals surface area contributed by atoms with E-state index in [4.69, 9.17) is 14.2 Å². The molecule has 0 amide bonds. The van der Waals surface area contributed by atoms with Gasteiger partial charge < -0.3 is 23.8 Å². The summed E-state index contributed by atoms with van der Waals surface area (Å²) in [6, 6.07) is -0.616. The lowest BCUT2D eigenvalue weighted by Gasteiger charge is -2.31. The van der Waals surface area contributed by atoms with Gasteiger partial charge in [0.15, 0.2) is 12.1 Å². The summed E-state index contributed by atoms with van der Waals surface area (Å²) in [7, 11) is 5.50. The van der Waals surface area contributed by atoms with Gasteiger partial charge in [-0.25, -0.2) is 4.79 Å². The number of carbonyl (C=O) groups excluding carboxylic acids is 2. The SMILES string of the molecule is CC/C=C/C/C=C/CCCCCCCC(=O)OC(COCCC(C(=O)O)[N+](C)(C)C)COC(=O)CCCCCC/C=C/CCCC. The molecule has 8 heteroatoms. The second-order valence-electron chi connectivity index (χ2n) is 13.1. The lowest BCUT2D eigenvalue weighted by atomic mass is 10.1. The quantitative estimate of drug-likeness (QED) is 0.0347. The number of hydrogen-bond acceptors (Lipinski definition) is 6. The van der Waals surface area contributed by atoms with E-state index in [2.05, 4.69) is 50.3 Å². The van der Waals surface area contributed by atoms with Gasteiger partial charge in [-0.05, 0) is 57.8 Å². The maximum atomic E-state index is 12.6. The third-order valence-corrected chi connectivity index (χ3v) is 7.77. The van der Waals surface area contributed by atoms with Crippen LogP contribution in [-0.2, 0) is 28.6 Å². The van der Waals surface area contributed by atoms with Gasteiger partial charge in [0, 0.05) is 19.3 Å². The van der Waals surface area contributed by atoms with Crippen molar-refractivity contribution in [2.45, 2.75) is 148 Å². The first-order chi connectivity index (χ1) is 22.1. The molecule has 0 fully saturated rings. The normalized spacial score (nSPS) is 13.5. The maximum absolute atomic E-state index is 12.6. The van der Waals surface area contributed by atoms with E-state index >= 15 is 0 Å². The fourth-order valence-electron chi connectivity index (χ4n) is 4.93. The molecule has 0 rings (SSSR count). The van der Waals surface area contributed by atoms with Crippen molar-refractivity contribution < 1.29 is 38.2 Å². The molecule has 0 saturated carbocycles. The number of esters is 2. The predicted molar refractivity (Wildman–Crippen MR) is 188 cm³/mol. The van der Waals surface area contributed by atoms with Crippen molar-refractivity contribution in [3.05, 3.63) is 36.5 Å². The Morgan fingerprint density at radius 3 is 1.80 bits per heavy atom. The summed E-state index contributed by atoms with van der Waals surface area (Å²) in [5.41, 5.74) is 0. The molecule has 0 saturated heterocycles. The Morgan fingerprint density at radius 1 is 0.674 bits per heavy atom. The van der Waals surface area contributed by atoms with Crippen LogP contribution in [0.15, 0.2) is 36.5 Å². The highest BCUT2D eigenvalue weighted by atomic mass is 16.6. The second kappa shape index (κ2) is 29.9. The van der Waals surface area contributed by atoms with E-state index in [9.17, 15) is 19.5 Å². The molecule has 0 aliphatic rings. The van der Waals surface area contributed by atoms with Gasteiger partial charge in [0.2, 0.25) is 0 Å². The predicted octanol–water partition coefficient (Wildman–Crippen LogP) is 8.74. The minimum atomic E-state index is -0.882. The monoisotopic (exact) mass is 650 g/mol. The summed E-state index contributed by atoms with van der Waals surface area (Å²) in [4.78, 5) is 36.6. The molecular weight excluding hydrogens is 582 g/mol. The van der Waals surface area contributed by atoms with Gasteiger partial charge in [0.25, 0.3) is 0 Å². The van der Waals surface area contributed by atoms with E-state index in [-0.39, 0.29) is 36.2 Å². The van der Waals surface area contributed by atoms with Crippen LogP contribution in [0.1, 0.15) is 136 Å². The molecule has 0 radical (unpaired) electrons. The van der Waals surface area contributed by atoms with Crippen LogP contribution in [0.4, 0.5) is 0 Å². The zero-order valence-electron chi connectivity index (χ0n) is 30.0. The Kier molecular flexibility index (Phi) is 28.3. The Labute approximate surface area is 281 Å². The van der Waals surface area contributed by atoms with Gasteiger partial charge in [-0.2, -0.15) is 0 Å². The fraction of sp³-hybridized carbons (Fsp3) is 0.763. The molecule has 0 aromatic carbocycles. The molecular formula is C38H68NO7+. The van der Waals surface area contributed by atoms with Crippen molar-refractivity contribution >= 4 is 17.9 Å². The van der Waals surface area contributed by atoms with Crippen LogP contribution in [-0.4, -0.2) is 80.6 Å². The summed E-state index contributed by atoms with van der Waals surface area (Å²) >= 11 is 0. The maximum Gasteiger partial charge on any atom is 0.362 e. The number of unbranched alkanes of at least 4 members (excludes halogenated alkanes) is 11. The van der Waals surface area contributed by atoms with Crippen LogP contribution in [0.2, 0.25) is 0 Å². The van der Waals surface area contributed by atoms with E-state index in [0.29, 0.717) is 19.3 Å². The first kappa shape index (κ1) is 43.5. The standard InChI is InChI=1S/C38H67NO7/c1-6-8-10-12-14-16-18-19-21-23-25-27-29-37(41)46-34(32-44-31-30-35(38(42)43)39(3,4)5)33-45-36(40)28-26-24-22-20-17-15-13-11-9-7-2/h8,10,13-16,34-35H,6-7,9,11-12,17-33H2,1-5H3/p+1/b10-8+,15-13+,16-14+. The van der Waals surface area contributed by atoms with E-state index in [1.54, 1.807) is 0 Å². The summed E-state index contributed by atoms with van der Waals surface area (Å²) in [6.07, 6.45) is 30.5. The van der Waals surface area contributed by atoms with Gasteiger partial charge in [-0.1, -0.05) is 95.2 Å². The molecule has 0 heterocycles. The Hall–Kier alpha value is -2.45. The van der Waals surface area contributed by atoms with Gasteiger partial charge in [-0.3, -0.25) is 9.59 Å². The van der Waals surface area contributed by atoms with Gasteiger partial charge in [-0.15, -0.1) is 0 Å². The van der Waals surface area contributed by atoms with Crippen molar-refractivity contribution in [1.82, 2.24) is 0 Å². The summed E-state index contributed by atoms with van der Waals surface area (Å²) in [5, 5.41) is 9.56. The Morgan fingerprint density at radius 2 is 1.22 bits per heavy atom. The molecule has 2 unspecified atom stereocenters. The van der Waals surface area contributed by atoms with E-state index in [0.717, 1.165) is 89.9 Å². The van der Waals surface area contributed by atoms with E-state index < -0.39 is 18.1 Å². The molecule has 0 aromatic rings. The lowest BCUT2D eigenvalue weighted by molar-refractivity contribution is -0.887. The number of ether oxygens (including phenoxy) is 3. The van der Waals surface area contributed by atoms with Crippen LogP contribution in [0.3, 0.4) is 0 Å². The van der Waals surface area contributed by atoms with Crippen LogP contribution in [0, 0.1) is 0 Å². The van der Waals surface area contributed by atoms with Crippen molar-refractivity contribution in [3.8, 4) is 0 Å². The molecule has 0 aliphatic carbocycles. The van der Waals surface area contributed by atoms with E-state index in [1.807, 2.05) is 21.1 Å². The Balaban J connectivity index is 4.50. The molecule has 266 valence electrons. The summed E-state index contributed by atoms with van der Waals surface area (Å²) in [6.45, 7) is 4.53. The fourth-order valence-corrected chi connectivity index (χ4v) is 4.93. The van der Waals surface area contributed by atoms with Crippen LogP contribution >= 0.6 is 0 Å². The second-order valence-corrected chi connectivity index (χ2v) is 13.1. The van der Waals surface area contributed by atoms with Crippen molar-refractivity contribution in [3.63, 3.8) is 0 Å². The smallest absolute Gasteiger partial charge is 0.362 e. The molecule has 2 atom stereocenters. The molecule has 1 N–H and O–H groups in total. The highest BCUT2D eigenvalue weighted by molar-refractivity contribution is 5.72. The van der Waals surface area contributed by atoms with Crippen LogP contribution in [0.5, 0.6) is 0 Å². The van der Waals surface area contributed by atoms with Gasteiger partial charge >= 0.3 is 17.9 Å². The van der Waals surface area contributed by atoms with Gasteiger partial charge in [0.1, 0.15) is 6.61 Å². The number of rotatable bonds is 31. The zero-order chi connectivity index (χ0) is 34.3. The first-order valence-electron chi connectivity index (χ1n) is 18.0. The van der Waals surface area contributed by atoms with Crippen molar-refractivity contribution in [2.24, 2.45) is 0 Å². The first-order valence-corrected chi connectivity index (χ1v) is 18.0. The molecule has 0 aliphatic heterocycles. The average molecular weight is 651 g/mol. The number of nitrogens with zero attached hydrogens (tertiary/aromatic N) is 1. The number of hydrogen-bond donors (Lipinski definition) is 1. The Bertz CT molecular complexity index is 860. The summed E-state index contributed by atoms with van der Waals surface area (Å²) in [5.74, 6) is -1.51. The van der Waals surface area contributed by atoms with Crippen LogP contribution < -0.4 is 0 Å². The zero-order valence-corrected chi connectivity index (χ0v) is 30.0. The number of allylic oxidation sites excluding steroid dienone is 6. The topological polar surface area (TPSA) is 99.1 Å². The number of carboxylic acids is 1. The van der Waals surface area contributed by atoms with Crippen molar-refractivity contribution in [1.29, 1.82) is 0 Å². The lowest BCUT2D eigenvalue weighted by Crippen LogP contribution is -2.50. The largest absolute Gasteiger partial charge is 0.477 e. The highest BCUT2D eigenvalue weighted by Gasteiger charge is 2.31. The minimum absolute atomic E-state index is 0.0516. The third-order valence-electron chi connectivity index (χ3n) is 7.77. The molecule has 8 nitrogen and oxygen atoms in total. The number of carboxylic acid groups (broad SMARTS) is 1. The number of carbonyl (C=O) groups is 3. The van der Waals surface area contributed by atoms with Crippen LogP contribution in [0.25, 0.3) is 0 Å². The average Bonchev–Trinajstić information content (AvgIpc) is 3.00. The molecule has 0 spiro atoms. The van der Waals surface area contributed by atoms with Crippen molar-refractivity contribution in [2.75, 3.05) is 41.0 Å². The molecule has 46 heavy (non-hydrogen) atoms. The third kappa shape index (κ3) is 27.8.